The minimum absolute atomic E-state index is 0.139. The van der Waals surface area contributed by atoms with E-state index in [0.717, 1.165) is 27.7 Å². The number of nitrogens with zero attached hydrogens (tertiary/aromatic N) is 1. The quantitative estimate of drug-likeness (QED) is 0.540. The summed E-state index contributed by atoms with van der Waals surface area (Å²) in [5.74, 6) is -0.139. The van der Waals surface area contributed by atoms with Crippen LogP contribution < -0.4 is 10.5 Å². The van der Waals surface area contributed by atoms with Crippen LogP contribution in [0.5, 0.6) is 0 Å². The van der Waals surface area contributed by atoms with E-state index in [1.807, 2.05) is 80.6 Å². The molecule has 0 fully saturated rings. The zero-order chi connectivity index (χ0) is 20.4. The van der Waals surface area contributed by atoms with E-state index in [4.69, 9.17) is 0 Å². The van der Waals surface area contributed by atoms with Crippen LogP contribution in [0, 0.1) is 13.8 Å². The van der Waals surface area contributed by atoms with Gasteiger partial charge in [0.05, 0.1) is 6.54 Å². The summed E-state index contributed by atoms with van der Waals surface area (Å²) in [5, 5.41) is 0.955. The van der Waals surface area contributed by atoms with E-state index in [0.29, 0.717) is 11.1 Å². The van der Waals surface area contributed by atoms with Gasteiger partial charge in [0.15, 0.2) is 0 Å². The number of rotatable bonds is 4. The molecule has 4 rings (SSSR count). The minimum atomic E-state index is -0.181. The molecule has 0 aliphatic carbocycles. The number of pyridine rings is 1. The first-order valence-corrected chi connectivity index (χ1v) is 9.57. The second kappa shape index (κ2) is 7.76. The zero-order valence-corrected chi connectivity index (χ0v) is 16.5. The number of H-pyrrole nitrogens is 1. The Morgan fingerprint density at radius 1 is 0.862 bits per heavy atom. The summed E-state index contributed by atoms with van der Waals surface area (Å²) in [7, 11) is 0. The van der Waals surface area contributed by atoms with Gasteiger partial charge in [0.1, 0.15) is 0 Å². The Morgan fingerprint density at radius 2 is 1.62 bits per heavy atom. The summed E-state index contributed by atoms with van der Waals surface area (Å²) in [6.07, 6.45) is 0. The molecule has 4 heteroatoms. The molecular formula is C25H22N2O2. The molecule has 0 saturated carbocycles. The van der Waals surface area contributed by atoms with E-state index in [2.05, 4.69) is 4.98 Å². The molecule has 0 radical (unpaired) electrons. The molecule has 0 aliphatic heterocycles. The van der Waals surface area contributed by atoms with Crippen LogP contribution >= 0.6 is 0 Å². The van der Waals surface area contributed by atoms with Crippen LogP contribution in [0.2, 0.25) is 0 Å². The second-order valence-corrected chi connectivity index (χ2v) is 7.31. The van der Waals surface area contributed by atoms with Crippen molar-refractivity contribution in [2.24, 2.45) is 0 Å². The van der Waals surface area contributed by atoms with Crippen molar-refractivity contribution in [2.75, 3.05) is 4.90 Å². The molecule has 0 spiro atoms. The van der Waals surface area contributed by atoms with E-state index < -0.39 is 0 Å². The molecule has 29 heavy (non-hydrogen) atoms. The number of aromatic amines is 1. The molecule has 0 aliphatic rings. The van der Waals surface area contributed by atoms with Gasteiger partial charge < -0.3 is 9.88 Å². The predicted molar refractivity (Wildman–Crippen MR) is 117 cm³/mol. The summed E-state index contributed by atoms with van der Waals surface area (Å²) in [5.41, 5.74) is 4.68. The standard InChI is InChI=1S/C25H22N2O2/c1-17-7-6-10-22(14-17)27(25(29)19-8-4-3-5-9-19)16-21-15-20-13-18(2)11-12-23(20)26-24(21)28/h3-15H,16H2,1-2H3,(H,26,28). The number of fused-ring (bicyclic) bond motifs is 1. The van der Waals surface area contributed by atoms with Crippen LogP contribution in [0.15, 0.2) is 83.7 Å². The fourth-order valence-electron chi connectivity index (χ4n) is 3.47. The molecule has 0 unspecified atom stereocenters. The first kappa shape index (κ1) is 18.7. The lowest BCUT2D eigenvalue weighted by Gasteiger charge is -2.23. The van der Waals surface area contributed by atoms with Gasteiger partial charge in [-0.05, 0) is 67.3 Å². The number of benzene rings is 3. The minimum Gasteiger partial charge on any atom is -0.322 e. The lowest BCUT2D eigenvalue weighted by molar-refractivity contribution is 0.0985. The summed E-state index contributed by atoms with van der Waals surface area (Å²) in [4.78, 5) is 30.6. The Kier molecular flexibility index (Phi) is 5.00. The lowest BCUT2D eigenvalue weighted by Crippen LogP contribution is -2.32. The highest BCUT2D eigenvalue weighted by Crippen LogP contribution is 2.22. The highest BCUT2D eigenvalue weighted by Gasteiger charge is 2.20. The van der Waals surface area contributed by atoms with Crippen molar-refractivity contribution in [1.29, 1.82) is 0 Å². The predicted octanol–water partition coefficient (Wildman–Crippen LogP) is 4.99. The van der Waals surface area contributed by atoms with Gasteiger partial charge in [0.25, 0.3) is 11.5 Å². The summed E-state index contributed by atoms with van der Waals surface area (Å²) < 4.78 is 0. The first-order chi connectivity index (χ1) is 14.0. The Bertz CT molecular complexity index is 1240. The Labute approximate surface area is 169 Å². The van der Waals surface area contributed by atoms with Gasteiger partial charge in [0.2, 0.25) is 0 Å². The Morgan fingerprint density at radius 3 is 2.38 bits per heavy atom. The maximum atomic E-state index is 13.3. The highest BCUT2D eigenvalue weighted by molar-refractivity contribution is 6.06. The van der Waals surface area contributed by atoms with Crippen molar-refractivity contribution in [3.63, 3.8) is 0 Å². The molecule has 1 N–H and O–H groups in total. The van der Waals surface area contributed by atoms with E-state index in [-0.39, 0.29) is 18.0 Å². The molecule has 1 heterocycles. The topological polar surface area (TPSA) is 53.2 Å². The van der Waals surface area contributed by atoms with Crippen LogP contribution in [-0.2, 0) is 6.54 Å². The summed E-state index contributed by atoms with van der Waals surface area (Å²) >= 11 is 0. The van der Waals surface area contributed by atoms with Gasteiger partial charge in [0, 0.05) is 22.3 Å². The molecule has 1 amide bonds. The smallest absolute Gasteiger partial charge is 0.258 e. The Hall–Kier alpha value is -3.66. The third-order valence-electron chi connectivity index (χ3n) is 4.98. The third-order valence-corrected chi connectivity index (χ3v) is 4.98. The third kappa shape index (κ3) is 3.97. The van der Waals surface area contributed by atoms with Crippen LogP contribution in [0.25, 0.3) is 10.9 Å². The second-order valence-electron chi connectivity index (χ2n) is 7.31. The number of hydrogen-bond donors (Lipinski definition) is 1. The fraction of sp³-hybridized carbons (Fsp3) is 0.120. The Balaban J connectivity index is 1.80. The molecule has 0 saturated heterocycles. The maximum Gasteiger partial charge on any atom is 0.258 e. The average Bonchev–Trinajstić information content (AvgIpc) is 2.72. The van der Waals surface area contributed by atoms with Crippen LogP contribution in [-0.4, -0.2) is 10.9 Å². The summed E-state index contributed by atoms with van der Waals surface area (Å²) in [6, 6.07) is 24.7. The molecule has 1 aromatic heterocycles. The van der Waals surface area contributed by atoms with Crippen molar-refractivity contribution in [2.45, 2.75) is 20.4 Å². The molecule has 0 bridgehead atoms. The number of hydrogen-bond acceptors (Lipinski definition) is 2. The van der Waals surface area contributed by atoms with Gasteiger partial charge in [-0.3, -0.25) is 9.59 Å². The molecule has 144 valence electrons. The number of aryl methyl sites for hydroxylation is 2. The van der Waals surface area contributed by atoms with Crippen LogP contribution in [0.4, 0.5) is 5.69 Å². The van der Waals surface area contributed by atoms with E-state index in [9.17, 15) is 9.59 Å². The number of carbonyl (C=O) groups is 1. The number of amides is 1. The molecule has 4 aromatic rings. The van der Waals surface area contributed by atoms with E-state index >= 15 is 0 Å². The lowest BCUT2D eigenvalue weighted by atomic mass is 10.1. The highest BCUT2D eigenvalue weighted by atomic mass is 16.2. The van der Waals surface area contributed by atoms with Gasteiger partial charge in [-0.15, -0.1) is 0 Å². The summed E-state index contributed by atoms with van der Waals surface area (Å²) in [6.45, 7) is 4.19. The van der Waals surface area contributed by atoms with E-state index in [1.165, 1.54) is 0 Å². The SMILES string of the molecule is Cc1cccc(N(Cc2cc3cc(C)ccc3[nH]c2=O)C(=O)c2ccccc2)c1. The van der Waals surface area contributed by atoms with Gasteiger partial charge in [-0.2, -0.15) is 0 Å². The average molecular weight is 382 g/mol. The number of anilines is 1. The van der Waals surface area contributed by atoms with Crippen molar-refractivity contribution >= 4 is 22.5 Å². The molecule has 3 aromatic carbocycles. The van der Waals surface area contributed by atoms with Crippen LogP contribution in [0.3, 0.4) is 0 Å². The van der Waals surface area contributed by atoms with Crippen molar-refractivity contribution in [3.05, 3.63) is 111 Å². The number of aromatic nitrogens is 1. The van der Waals surface area contributed by atoms with Gasteiger partial charge in [-0.25, -0.2) is 0 Å². The number of nitrogens with one attached hydrogen (secondary N) is 1. The van der Waals surface area contributed by atoms with Crippen LogP contribution in [0.1, 0.15) is 27.0 Å². The monoisotopic (exact) mass is 382 g/mol. The molecule has 4 nitrogen and oxygen atoms in total. The molecular weight excluding hydrogens is 360 g/mol. The fourth-order valence-corrected chi connectivity index (χ4v) is 3.47. The van der Waals surface area contributed by atoms with Gasteiger partial charge >= 0.3 is 0 Å². The van der Waals surface area contributed by atoms with Crippen molar-refractivity contribution in [3.8, 4) is 0 Å². The molecule has 0 atom stereocenters. The van der Waals surface area contributed by atoms with Gasteiger partial charge in [-0.1, -0.05) is 42.0 Å². The van der Waals surface area contributed by atoms with Crippen molar-refractivity contribution in [1.82, 2.24) is 4.98 Å². The first-order valence-electron chi connectivity index (χ1n) is 9.57. The normalized spacial score (nSPS) is 10.8. The number of carbonyl (C=O) groups excluding carboxylic acids is 1. The van der Waals surface area contributed by atoms with Crippen molar-refractivity contribution < 1.29 is 4.79 Å². The zero-order valence-electron chi connectivity index (χ0n) is 16.5. The largest absolute Gasteiger partial charge is 0.322 e. The maximum absolute atomic E-state index is 13.3. The van der Waals surface area contributed by atoms with E-state index in [1.54, 1.807) is 17.0 Å².